The van der Waals surface area contributed by atoms with E-state index in [-0.39, 0.29) is 11.9 Å². The third kappa shape index (κ3) is 4.34. The molecular weight excluding hydrogens is 358 g/mol. The smallest absolute Gasteiger partial charge is 0.241 e. The van der Waals surface area contributed by atoms with Gasteiger partial charge in [0.15, 0.2) is 6.29 Å². The Morgan fingerprint density at radius 2 is 1.80 bits per heavy atom. The molecule has 1 saturated heterocycles. The molecule has 1 aliphatic rings. The van der Waals surface area contributed by atoms with E-state index < -0.39 is 12.2 Å². The topological polar surface area (TPSA) is 48.0 Å². The molecule has 1 heterocycles. The summed E-state index contributed by atoms with van der Waals surface area (Å²) in [6, 6.07) is 7.47. The summed E-state index contributed by atoms with van der Waals surface area (Å²) in [5, 5.41) is 0. The van der Waals surface area contributed by atoms with Gasteiger partial charge in [0.05, 0.1) is 7.11 Å². The molecule has 0 saturated carbocycles. The fourth-order valence-corrected chi connectivity index (χ4v) is 4.57. The van der Waals surface area contributed by atoms with Gasteiger partial charge < -0.3 is 14.2 Å². The number of hydrogen-bond acceptors (Lipinski definition) is 6. The molecule has 2 rings (SSSR count). The third-order valence-corrected chi connectivity index (χ3v) is 5.89. The first-order valence-corrected chi connectivity index (χ1v) is 9.53. The predicted octanol–water partition coefficient (Wildman–Crippen LogP) is 3.28. The number of rotatable bonds is 7. The van der Waals surface area contributed by atoms with Crippen LogP contribution in [0, 0.1) is 5.92 Å². The molecule has 1 aromatic rings. The van der Waals surface area contributed by atoms with E-state index in [1.807, 2.05) is 24.3 Å². The van der Waals surface area contributed by atoms with Crippen LogP contribution in [0.4, 0.5) is 0 Å². The predicted molar refractivity (Wildman–Crippen MR) is 104 cm³/mol. The molecule has 0 unspecified atom stereocenters. The summed E-state index contributed by atoms with van der Waals surface area (Å²) in [6.07, 6.45) is -0.692. The van der Waals surface area contributed by atoms with Gasteiger partial charge in [0.25, 0.3) is 0 Å². The Morgan fingerprint density at radius 3 is 2.28 bits per heavy atom. The van der Waals surface area contributed by atoms with Gasteiger partial charge in [-0.3, -0.25) is 9.69 Å². The number of thioether (sulfide) groups is 1. The van der Waals surface area contributed by atoms with Gasteiger partial charge in [0.1, 0.15) is 16.0 Å². The van der Waals surface area contributed by atoms with Crippen molar-refractivity contribution in [1.29, 1.82) is 0 Å². The van der Waals surface area contributed by atoms with E-state index in [4.69, 9.17) is 26.4 Å². The third-order valence-electron chi connectivity index (χ3n) is 4.39. The monoisotopic (exact) mass is 383 g/mol. The molecule has 0 radical (unpaired) electrons. The fraction of sp³-hybridized carbons (Fsp3) is 0.556. The average molecular weight is 384 g/mol. The van der Waals surface area contributed by atoms with Crippen molar-refractivity contribution in [2.45, 2.75) is 32.1 Å². The molecule has 0 bridgehead atoms. The van der Waals surface area contributed by atoms with Crippen LogP contribution in [0.5, 0.6) is 5.75 Å². The molecule has 1 amide bonds. The summed E-state index contributed by atoms with van der Waals surface area (Å²) in [7, 11) is 4.68. The van der Waals surface area contributed by atoms with Crippen molar-refractivity contribution in [3.63, 3.8) is 0 Å². The molecule has 5 nitrogen and oxygen atoms in total. The molecule has 0 aromatic heterocycles. The van der Waals surface area contributed by atoms with Crippen LogP contribution in [0.3, 0.4) is 0 Å². The van der Waals surface area contributed by atoms with E-state index in [0.29, 0.717) is 10.2 Å². The molecule has 0 spiro atoms. The van der Waals surface area contributed by atoms with Crippen LogP contribution in [0.1, 0.15) is 25.3 Å². The minimum absolute atomic E-state index is 0.0834. The summed E-state index contributed by atoms with van der Waals surface area (Å²) in [5.41, 5.74) is 0.807. The molecule has 1 aromatic carbocycles. The zero-order chi connectivity index (χ0) is 18.6. The minimum atomic E-state index is -0.692. The lowest BCUT2D eigenvalue weighted by molar-refractivity contribution is -0.152. The number of carbonyl (C=O) groups is 1. The number of carbonyl (C=O) groups excluding carboxylic acids is 1. The van der Waals surface area contributed by atoms with E-state index in [2.05, 4.69) is 13.8 Å². The van der Waals surface area contributed by atoms with Crippen molar-refractivity contribution in [3.8, 4) is 5.75 Å². The van der Waals surface area contributed by atoms with E-state index in [1.165, 1.54) is 14.2 Å². The highest BCUT2D eigenvalue weighted by Gasteiger charge is 2.42. The number of methoxy groups -OCH3 is 3. The number of amides is 1. The normalized spacial score (nSPS) is 18.9. The van der Waals surface area contributed by atoms with Crippen molar-refractivity contribution < 1.29 is 19.0 Å². The van der Waals surface area contributed by atoms with Gasteiger partial charge >= 0.3 is 0 Å². The van der Waals surface area contributed by atoms with Crippen molar-refractivity contribution in [3.05, 3.63) is 29.8 Å². The molecule has 25 heavy (non-hydrogen) atoms. The van der Waals surface area contributed by atoms with Gasteiger partial charge in [-0.25, -0.2) is 0 Å². The van der Waals surface area contributed by atoms with Crippen molar-refractivity contribution in [2.24, 2.45) is 5.92 Å². The van der Waals surface area contributed by atoms with Crippen molar-refractivity contribution >= 4 is 34.2 Å². The SMILES string of the molecule is COc1ccc([C@@H](C(=O)N2C(=S)SC[C@@H]2C(C)C)C(OC)OC)cc1. The first-order valence-electron chi connectivity index (χ1n) is 8.14. The lowest BCUT2D eigenvalue weighted by Crippen LogP contribution is -2.47. The van der Waals surface area contributed by atoms with Crippen molar-refractivity contribution in [2.75, 3.05) is 27.1 Å². The number of hydrogen-bond donors (Lipinski definition) is 0. The first kappa shape index (κ1) is 20.2. The summed E-state index contributed by atoms with van der Waals surface area (Å²) in [4.78, 5) is 15.2. The Bertz CT molecular complexity index is 602. The summed E-state index contributed by atoms with van der Waals surface area (Å²) in [5.74, 6) is 1.18. The van der Waals surface area contributed by atoms with Gasteiger partial charge in [-0.15, -0.1) is 0 Å². The summed E-state index contributed by atoms with van der Waals surface area (Å²) in [6.45, 7) is 4.21. The molecule has 1 aliphatic heterocycles. The second-order valence-corrected chi connectivity index (χ2v) is 7.84. The fourth-order valence-electron chi connectivity index (χ4n) is 2.93. The summed E-state index contributed by atoms with van der Waals surface area (Å²) < 4.78 is 16.7. The Kier molecular flexibility index (Phi) is 7.25. The quantitative estimate of drug-likeness (QED) is 0.532. The molecule has 0 aliphatic carbocycles. The zero-order valence-corrected chi connectivity index (χ0v) is 16.9. The first-order chi connectivity index (χ1) is 11.9. The Hall–Kier alpha value is -1.15. The lowest BCUT2D eigenvalue weighted by Gasteiger charge is -2.32. The van der Waals surface area contributed by atoms with E-state index in [1.54, 1.807) is 23.8 Å². The number of thiocarbonyl (C=S) groups is 1. The average Bonchev–Trinajstić information content (AvgIpc) is 3.01. The summed E-state index contributed by atoms with van der Waals surface area (Å²) >= 11 is 7.00. The molecule has 1 fully saturated rings. The molecular formula is C18H25NO4S2. The minimum Gasteiger partial charge on any atom is -0.497 e. The van der Waals surface area contributed by atoms with Crippen LogP contribution in [0.2, 0.25) is 0 Å². The Morgan fingerprint density at radius 1 is 1.20 bits per heavy atom. The van der Waals surface area contributed by atoms with Gasteiger partial charge in [-0.1, -0.05) is 50.0 Å². The maximum atomic E-state index is 13.4. The maximum absolute atomic E-state index is 13.4. The van der Waals surface area contributed by atoms with E-state index in [0.717, 1.165) is 17.1 Å². The molecule has 7 heteroatoms. The molecule has 2 atom stereocenters. The number of ether oxygens (including phenoxy) is 3. The lowest BCUT2D eigenvalue weighted by atomic mass is 9.94. The number of benzene rings is 1. The van der Waals surface area contributed by atoms with E-state index in [9.17, 15) is 4.79 Å². The number of nitrogens with zero attached hydrogens (tertiary/aromatic N) is 1. The highest BCUT2D eigenvalue weighted by Crippen LogP contribution is 2.34. The zero-order valence-electron chi connectivity index (χ0n) is 15.2. The second-order valence-electron chi connectivity index (χ2n) is 6.19. The van der Waals surface area contributed by atoms with Gasteiger partial charge in [-0.2, -0.15) is 0 Å². The van der Waals surface area contributed by atoms with Crippen LogP contribution in [0.25, 0.3) is 0 Å². The Balaban J connectivity index is 2.40. The van der Waals surface area contributed by atoms with E-state index >= 15 is 0 Å². The van der Waals surface area contributed by atoms with Gasteiger partial charge in [0.2, 0.25) is 5.91 Å². The largest absolute Gasteiger partial charge is 0.497 e. The maximum Gasteiger partial charge on any atom is 0.241 e. The van der Waals surface area contributed by atoms with Crippen molar-refractivity contribution in [1.82, 2.24) is 4.90 Å². The highest BCUT2D eigenvalue weighted by atomic mass is 32.2. The van der Waals surface area contributed by atoms with Gasteiger partial charge in [-0.05, 0) is 23.6 Å². The highest BCUT2D eigenvalue weighted by molar-refractivity contribution is 8.23. The second kappa shape index (κ2) is 8.98. The molecule has 0 N–H and O–H groups in total. The molecule has 138 valence electrons. The van der Waals surface area contributed by atoms with Crippen LogP contribution >= 0.6 is 24.0 Å². The Labute approximate surface area is 159 Å². The van der Waals surface area contributed by atoms with Crippen LogP contribution in [0.15, 0.2) is 24.3 Å². The standard InChI is InChI=1S/C18H25NO4S2/c1-11(2)14-10-25-18(24)19(14)16(20)15(17(22-4)23-5)12-6-8-13(21-3)9-7-12/h6-9,11,14-15,17H,10H2,1-5H3/t14-,15+/m1/s1. The van der Waals surface area contributed by atoms with Crippen LogP contribution in [-0.4, -0.2) is 54.5 Å². The van der Waals surface area contributed by atoms with Gasteiger partial charge in [0, 0.05) is 26.0 Å². The van der Waals surface area contributed by atoms with Crippen LogP contribution in [-0.2, 0) is 14.3 Å². The van der Waals surface area contributed by atoms with Crippen LogP contribution < -0.4 is 4.74 Å².